The minimum Gasteiger partial charge on any atom is -0.383 e. The van der Waals surface area contributed by atoms with Crippen LogP contribution in [0, 0.1) is 5.92 Å². The van der Waals surface area contributed by atoms with E-state index >= 15 is 0 Å². The summed E-state index contributed by atoms with van der Waals surface area (Å²) in [6, 6.07) is 0.131. The van der Waals surface area contributed by atoms with Crippen LogP contribution in [0.25, 0.3) is 0 Å². The molecule has 19 heavy (non-hydrogen) atoms. The first kappa shape index (κ1) is 16.1. The Morgan fingerprint density at radius 1 is 1.37 bits per heavy atom. The van der Waals surface area contributed by atoms with Gasteiger partial charge in [0.15, 0.2) is 5.78 Å². The summed E-state index contributed by atoms with van der Waals surface area (Å²) < 4.78 is 5.06. The van der Waals surface area contributed by atoms with Crippen LogP contribution in [0.15, 0.2) is 0 Å². The molecule has 1 atom stereocenters. The summed E-state index contributed by atoms with van der Waals surface area (Å²) in [6.07, 6.45) is 2.30. The lowest BCUT2D eigenvalue weighted by Gasteiger charge is -2.24. The van der Waals surface area contributed by atoms with Crippen molar-refractivity contribution in [1.29, 1.82) is 0 Å². The highest BCUT2D eigenvalue weighted by molar-refractivity contribution is 5.88. The van der Waals surface area contributed by atoms with E-state index in [4.69, 9.17) is 4.74 Å². The Morgan fingerprint density at radius 2 is 2.00 bits per heavy atom. The zero-order chi connectivity index (χ0) is 14.4. The molecule has 1 aliphatic carbocycles. The van der Waals surface area contributed by atoms with E-state index in [1.165, 1.54) is 6.92 Å². The second kappa shape index (κ2) is 7.60. The van der Waals surface area contributed by atoms with Gasteiger partial charge in [0.2, 0.25) is 5.91 Å². The summed E-state index contributed by atoms with van der Waals surface area (Å²) >= 11 is 0. The van der Waals surface area contributed by atoms with Gasteiger partial charge in [0.1, 0.15) is 0 Å². The molecular formula is C14H26N2O3. The van der Waals surface area contributed by atoms with Gasteiger partial charge in [0.25, 0.3) is 0 Å². The molecule has 0 bridgehead atoms. The molecule has 5 heteroatoms. The van der Waals surface area contributed by atoms with Crippen LogP contribution < -0.4 is 5.32 Å². The van der Waals surface area contributed by atoms with E-state index < -0.39 is 0 Å². The molecule has 0 spiro atoms. The van der Waals surface area contributed by atoms with Crippen molar-refractivity contribution in [3.63, 3.8) is 0 Å². The number of carbonyl (C=O) groups excluding carboxylic acids is 2. The van der Waals surface area contributed by atoms with Crippen LogP contribution in [0.5, 0.6) is 0 Å². The van der Waals surface area contributed by atoms with Gasteiger partial charge in [-0.2, -0.15) is 0 Å². The van der Waals surface area contributed by atoms with Crippen LogP contribution in [-0.4, -0.2) is 55.5 Å². The largest absolute Gasteiger partial charge is 0.383 e. The highest BCUT2D eigenvalue weighted by Crippen LogP contribution is 2.26. The van der Waals surface area contributed by atoms with Crippen LogP contribution in [0.4, 0.5) is 0 Å². The third kappa shape index (κ3) is 5.70. The number of rotatable bonds is 9. The van der Waals surface area contributed by atoms with Crippen molar-refractivity contribution in [3.05, 3.63) is 0 Å². The van der Waals surface area contributed by atoms with Gasteiger partial charge in [-0.1, -0.05) is 13.8 Å². The van der Waals surface area contributed by atoms with E-state index in [2.05, 4.69) is 10.2 Å². The van der Waals surface area contributed by atoms with Crippen LogP contribution in [0.3, 0.4) is 0 Å². The number of hydrogen-bond acceptors (Lipinski definition) is 4. The lowest BCUT2D eigenvalue weighted by Crippen LogP contribution is -2.48. The minimum atomic E-state index is -0.379. The zero-order valence-electron chi connectivity index (χ0n) is 12.4. The molecule has 0 aromatic heterocycles. The van der Waals surface area contributed by atoms with Crippen LogP contribution in [-0.2, 0) is 14.3 Å². The number of ketones is 1. The molecule has 0 aromatic rings. The lowest BCUT2D eigenvalue weighted by molar-refractivity contribution is -0.128. The van der Waals surface area contributed by atoms with Crippen molar-refractivity contribution in [2.24, 2.45) is 5.92 Å². The van der Waals surface area contributed by atoms with E-state index in [1.807, 2.05) is 13.8 Å². The molecule has 1 saturated carbocycles. The van der Waals surface area contributed by atoms with Gasteiger partial charge in [0.05, 0.1) is 19.2 Å². The Balaban J connectivity index is 2.44. The van der Waals surface area contributed by atoms with E-state index in [0.29, 0.717) is 19.2 Å². The fourth-order valence-corrected chi connectivity index (χ4v) is 2.18. The Kier molecular flexibility index (Phi) is 6.45. The van der Waals surface area contributed by atoms with Crippen LogP contribution in [0.1, 0.15) is 33.6 Å². The summed E-state index contributed by atoms with van der Waals surface area (Å²) in [7, 11) is 1.66. The fraction of sp³-hybridized carbons (Fsp3) is 0.857. The van der Waals surface area contributed by atoms with Gasteiger partial charge in [-0.3, -0.25) is 14.5 Å². The summed E-state index contributed by atoms with van der Waals surface area (Å²) in [6.45, 7) is 7.15. The lowest BCUT2D eigenvalue weighted by atomic mass is 10.0. The van der Waals surface area contributed by atoms with E-state index in [9.17, 15) is 9.59 Å². The second-order valence-electron chi connectivity index (χ2n) is 5.59. The monoisotopic (exact) mass is 270 g/mol. The molecule has 0 radical (unpaired) electrons. The van der Waals surface area contributed by atoms with Gasteiger partial charge in [-0.25, -0.2) is 0 Å². The van der Waals surface area contributed by atoms with E-state index in [0.717, 1.165) is 19.4 Å². The summed E-state index contributed by atoms with van der Waals surface area (Å²) in [5.41, 5.74) is 0. The number of carbonyl (C=O) groups is 2. The average Bonchev–Trinajstić information content (AvgIpc) is 3.14. The van der Waals surface area contributed by atoms with Gasteiger partial charge >= 0.3 is 0 Å². The fourth-order valence-electron chi connectivity index (χ4n) is 2.18. The number of nitrogens with one attached hydrogen (secondary N) is 1. The Hall–Kier alpha value is -0.940. The molecule has 5 nitrogen and oxygen atoms in total. The molecule has 1 aliphatic rings. The average molecular weight is 270 g/mol. The molecule has 0 saturated heterocycles. The zero-order valence-corrected chi connectivity index (χ0v) is 12.4. The number of amides is 1. The van der Waals surface area contributed by atoms with E-state index in [1.54, 1.807) is 7.11 Å². The second-order valence-corrected chi connectivity index (χ2v) is 5.59. The summed E-state index contributed by atoms with van der Waals surface area (Å²) in [4.78, 5) is 25.6. The van der Waals surface area contributed by atoms with Crippen molar-refractivity contribution in [2.75, 3.05) is 26.8 Å². The van der Waals surface area contributed by atoms with Gasteiger partial charge in [-0.15, -0.1) is 0 Å². The smallest absolute Gasteiger partial charge is 0.234 e. The number of Topliss-reactive ketones (excluding diaryl/α,β-unsaturated/α-hetero) is 1. The molecule has 1 rings (SSSR count). The predicted molar refractivity (Wildman–Crippen MR) is 73.9 cm³/mol. The first-order valence-electron chi connectivity index (χ1n) is 6.98. The highest BCUT2D eigenvalue weighted by Gasteiger charge is 2.30. The maximum atomic E-state index is 12.0. The Morgan fingerprint density at radius 3 is 2.42 bits per heavy atom. The molecule has 1 amide bonds. The van der Waals surface area contributed by atoms with Crippen LogP contribution >= 0.6 is 0 Å². The molecule has 0 aromatic carbocycles. The maximum Gasteiger partial charge on any atom is 0.234 e. The summed E-state index contributed by atoms with van der Waals surface area (Å²) in [5, 5.41) is 2.83. The van der Waals surface area contributed by atoms with Gasteiger partial charge in [0, 0.05) is 19.7 Å². The van der Waals surface area contributed by atoms with Gasteiger partial charge in [-0.05, 0) is 25.7 Å². The normalized spacial score (nSPS) is 16.7. The Bertz CT molecular complexity index is 314. The quantitative estimate of drug-likeness (QED) is 0.674. The van der Waals surface area contributed by atoms with Crippen molar-refractivity contribution >= 4 is 11.7 Å². The Labute approximate surface area is 115 Å². The molecule has 110 valence electrons. The number of methoxy groups -OCH3 is 1. The number of hydrogen-bond donors (Lipinski definition) is 1. The SMILES string of the molecule is COCCN(CC(=O)NC(C(C)=O)C(C)C)C1CC1. The molecular weight excluding hydrogens is 244 g/mol. The van der Waals surface area contributed by atoms with Crippen molar-refractivity contribution in [3.8, 4) is 0 Å². The number of nitrogens with zero attached hydrogens (tertiary/aromatic N) is 1. The molecule has 0 heterocycles. The maximum absolute atomic E-state index is 12.0. The van der Waals surface area contributed by atoms with Gasteiger partial charge < -0.3 is 10.1 Å². The molecule has 1 fully saturated rings. The first-order valence-corrected chi connectivity index (χ1v) is 6.98. The predicted octanol–water partition coefficient (Wildman–Crippen LogP) is 0.827. The van der Waals surface area contributed by atoms with E-state index in [-0.39, 0.29) is 23.7 Å². The standard InChI is InChI=1S/C14H26N2O3/c1-10(2)14(11(3)17)15-13(18)9-16(7-8-19-4)12-5-6-12/h10,12,14H,5-9H2,1-4H3,(H,15,18). The third-order valence-electron chi connectivity index (χ3n) is 3.41. The molecule has 1 N–H and O–H groups in total. The summed E-state index contributed by atoms with van der Waals surface area (Å²) in [5.74, 6) is 0.0601. The van der Waals surface area contributed by atoms with Crippen LogP contribution in [0.2, 0.25) is 0 Å². The number of ether oxygens (including phenoxy) is 1. The van der Waals surface area contributed by atoms with Crippen molar-refractivity contribution in [1.82, 2.24) is 10.2 Å². The minimum absolute atomic E-state index is 0.0122. The first-order chi connectivity index (χ1) is 8.95. The topological polar surface area (TPSA) is 58.6 Å². The molecule has 1 unspecified atom stereocenters. The van der Waals surface area contributed by atoms with Crippen molar-refractivity contribution in [2.45, 2.75) is 45.7 Å². The van der Waals surface area contributed by atoms with Crippen molar-refractivity contribution < 1.29 is 14.3 Å². The third-order valence-corrected chi connectivity index (χ3v) is 3.41. The molecule has 0 aliphatic heterocycles. The highest BCUT2D eigenvalue weighted by atomic mass is 16.5.